The van der Waals surface area contributed by atoms with Crippen molar-refractivity contribution in [3.63, 3.8) is 0 Å². The summed E-state index contributed by atoms with van der Waals surface area (Å²) in [4.78, 5) is 48.6. The molecule has 0 saturated carbocycles. The third kappa shape index (κ3) is 7.23. The van der Waals surface area contributed by atoms with Crippen molar-refractivity contribution in [3.05, 3.63) is 58.7 Å². The van der Waals surface area contributed by atoms with Gasteiger partial charge in [0.1, 0.15) is 11.1 Å². The van der Waals surface area contributed by atoms with E-state index in [1.54, 1.807) is 50.2 Å². The second-order valence-corrected chi connectivity index (χ2v) is 9.09. The Labute approximate surface area is 245 Å². The molecule has 0 atom stereocenters. The Morgan fingerprint density at radius 2 is 0.951 bits per heavy atom. The highest BCUT2D eigenvalue weighted by Gasteiger charge is 2.27. The van der Waals surface area contributed by atoms with E-state index < -0.39 is 23.6 Å². The maximum atomic E-state index is 12.2. The van der Waals surface area contributed by atoms with E-state index in [4.69, 9.17) is 43.4 Å². The highest BCUT2D eigenvalue weighted by atomic mass is 32.1. The van der Waals surface area contributed by atoms with E-state index >= 15 is 0 Å². The molecule has 2 aliphatic heterocycles. The van der Waals surface area contributed by atoms with Crippen molar-refractivity contribution in [2.24, 2.45) is 0 Å². The van der Waals surface area contributed by atoms with E-state index in [-0.39, 0.29) is 28.2 Å². The van der Waals surface area contributed by atoms with Crippen LogP contribution in [0.5, 0.6) is 23.0 Å². The fraction of sp³-hybridized carbons (Fsp3) is 0.185. The molecule has 0 unspecified atom stereocenters. The summed E-state index contributed by atoms with van der Waals surface area (Å²) in [6, 6.07) is 9.78. The van der Waals surface area contributed by atoms with Crippen LogP contribution in [0, 0.1) is 0 Å². The molecule has 2 aromatic carbocycles. The Bertz CT molecular complexity index is 1360. The van der Waals surface area contributed by atoms with Gasteiger partial charge in [-0.2, -0.15) is 0 Å². The molecule has 4 amide bonds. The Kier molecular flexibility index (Phi) is 9.26. The van der Waals surface area contributed by atoms with Crippen molar-refractivity contribution in [2.45, 2.75) is 13.8 Å². The number of carbonyl (C=O) groups excluding carboxylic acids is 4. The van der Waals surface area contributed by atoms with Gasteiger partial charge in [-0.15, -0.1) is 0 Å². The molecule has 12 nitrogen and oxygen atoms in total. The van der Waals surface area contributed by atoms with Crippen LogP contribution in [0.2, 0.25) is 0 Å². The van der Waals surface area contributed by atoms with Crippen LogP contribution in [0.4, 0.5) is 0 Å². The van der Waals surface area contributed by atoms with Crippen LogP contribution in [-0.4, -0.2) is 53.9 Å². The van der Waals surface area contributed by atoms with Gasteiger partial charge in [0, 0.05) is 0 Å². The summed E-state index contributed by atoms with van der Waals surface area (Å²) < 4.78 is 22.9. The van der Waals surface area contributed by atoms with Gasteiger partial charge in [0.15, 0.2) is 33.2 Å². The Morgan fingerprint density at radius 3 is 1.29 bits per heavy atom. The fourth-order valence-corrected chi connectivity index (χ4v) is 4.08. The van der Waals surface area contributed by atoms with Gasteiger partial charge in [0.2, 0.25) is 6.79 Å². The summed E-state index contributed by atoms with van der Waals surface area (Å²) in [6.07, 6.45) is 2.82. The lowest BCUT2D eigenvalue weighted by molar-refractivity contribution is -0.124. The maximum Gasteiger partial charge on any atom is 0.263 e. The Hall–Kier alpha value is -4.82. The third-order valence-corrected chi connectivity index (χ3v) is 5.88. The lowest BCUT2D eigenvalue weighted by atomic mass is 10.1. The minimum absolute atomic E-state index is 0.0517. The predicted molar refractivity (Wildman–Crippen MR) is 155 cm³/mol. The number of nitrogens with one attached hydrogen (secondary N) is 4. The second kappa shape index (κ2) is 13.0. The van der Waals surface area contributed by atoms with E-state index in [9.17, 15) is 19.2 Å². The van der Waals surface area contributed by atoms with Gasteiger partial charge in [-0.3, -0.25) is 40.4 Å². The van der Waals surface area contributed by atoms with Crippen molar-refractivity contribution in [1.29, 1.82) is 0 Å². The summed E-state index contributed by atoms with van der Waals surface area (Å²) in [6.45, 7) is 4.05. The monoisotopic (exact) mass is 596 g/mol. The van der Waals surface area contributed by atoms with E-state index in [1.807, 2.05) is 0 Å². The van der Waals surface area contributed by atoms with Crippen LogP contribution in [0.15, 0.2) is 47.5 Å². The van der Waals surface area contributed by atoms with E-state index in [2.05, 4.69) is 21.3 Å². The number of benzene rings is 2. The Balaban J connectivity index is 1.48. The minimum atomic E-state index is -0.605. The first-order valence-corrected chi connectivity index (χ1v) is 13.1. The van der Waals surface area contributed by atoms with Crippen LogP contribution >= 0.6 is 24.4 Å². The predicted octanol–water partition coefficient (Wildman–Crippen LogP) is 1.73. The topological polar surface area (TPSA) is 153 Å². The average Bonchev–Trinajstić information content (AvgIpc) is 2.91. The van der Waals surface area contributed by atoms with Gasteiger partial charge >= 0.3 is 0 Å². The zero-order chi connectivity index (χ0) is 29.5. The van der Waals surface area contributed by atoms with E-state index in [1.165, 1.54) is 12.2 Å². The maximum absolute atomic E-state index is 12.2. The van der Waals surface area contributed by atoms with Crippen molar-refractivity contribution >= 4 is 70.4 Å². The standard InChI is InChI=1S/C27H24N4O8S2/c1-3-36-20-11-14(9-16-22(32)28-26(40)29-23(16)33)5-7-18(20)38-13-39-19-8-6-15(12-21(19)37-4-2)10-17-24(34)30-27(41)31-25(17)35/h5-12H,3-4,13H2,1-2H3,(H2,28,29,32,33,40)(H2,30,31,34,35,41). The van der Waals surface area contributed by atoms with Gasteiger partial charge in [0.05, 0.1) is 13.2 Å². The van der Waals surface area contributed by atoms with Gasteiger partial charge in [-0.05, 0) is 85.8 Å². The number of ether oxygens (including phenoxy) is 4. The number of hydrogen-bond acceptors (Lipinski definition) is 10. The molecular formula is C27H24N4O8S2. The van der Waals surface area contributed by atoms with Crippen LogP contribution in [0.25, 0.3) is 12.2 Å². The SMILES string of the molecule is CCOc1cc(C=C2C(=O)NC(=S)NC2=O)ccc1OCOc1ccc(C=C2C(=O)NC(=S)NC2=O)cc1OCC. The first kappa shape index (κ1) is 29.2. The molecule has 2 saturated heterocycles. The van der Waals surface area contributed by atoms with Crippen LogP contribution in [-0.2, 0) is 19.2 Å². The molecule has 0 bridgehead atoms. The molecule has 14 heteroatoms. The fourth-order valence-electron chi connectivity index (χ4n) is 3.71. The number of thiocarbonyl (C=S) groups is 2. The molecule has 212 valence electrons. The van der Waals surface area contributed by atoms with Crippen molar-refractivity contribution in [1.82, 2.24) is 21.3 Å². The number of amides is 4. The van der Waals surface area contributed by atoms with E-state index in [0.717, 1.165) is 0 Å². The van der Waals surface area contributed by atoms with Gasteiger partial charge in [-0.1, -0.05) is 12.1 Å². The molecule has 2 heterocycles. The van der Waals surface area contributed by atoms with E-state index in [0.29, 0.717) is 47.3 Å². The van der Waals surface area contributed by atoms with Crippen molar-refractivity contribution < 1.29 is 38.1 Å². The number of rotatable bonds is 10. The zero-order valence-electron chi connectivity index (χ0n) is 21.8. The molecule has 0 spiro atoms. The highest BCUT2D eigenvalue weighted by molar-refractivity contribution is 7.80. The average molecular weight is 597 g/mol. The van der Waals surface area contributed by atoms with Crippen LogP contribution in [0.3, 0.4) is 0 Å². The molecule has 2 aliphatic rings. The molecule has 2 fully saturated rings. The quantitative estimate of drug-likeness (QED) is 0.138. The summed E-state index contributed by atoms with van der Waals surface area (Å²) in [7, 11) is 0. The van der Waals surface area contributed by atoms with Gasteiger partial charge < -0.3 is 18.9 Å². The van der Waals surface area contributed by atoms with Crippen LogP contribution in [0.1, 0.15) is 25.0 Å². The summed E-state index contributed by atoms with van der Waals surface area (Å²) in [5.41, 5.74) is 0.850. The molecule has 4 N–H and O–H groups in total. The molecule has 0 aliphatic carbocycles. The van der Waals surface area contributed by atoms with Gasteiger partial charge in [-0.25, -0.2) is 0 Å². The van der Waals surface area contributed by atoms with Crippen molar-refractivity contribution in [3.8, 4) is 23.0 Å². The number of carbonyl (C=O) groups is 4. The Morgan fingerprint density at radius 1 is 0.585 bits per heavy atom. The lowest BCUT2D eigenvalue weighted by Crippen LogP contribution is -2.51. The summed E-state index contributed by atoms with van der Waals surface area (Å²) >= 11 is 9.63. The van der Waals surface area contributed by atoms with Crippen molar-refractivity contribution in [2.75, 3.05) is 20.0 Å². The molecule has 41 heavy (non-hydrogen) atoms. The molecular weight excluding hydrogens is 572 g/mol. The molecule has 0 radical (unpaired) electrons. The molecule has 2 aromatic rings. The third-order valence-electron chi connectivity index (χ3n) is 5.47. The normalized spacial score (nSPS) is 14.9. The first-order valence-electron chi connectivity index (χ1n) is 12.2. The molecule has 4 rings (SSSR count). The zero-order valence-corrected chi connectivity index (χ0v) is 23.5. The smallest absolute Gasteiger partial charge is 0.263 e. The minimum Gasteiger partial charge on any atom is -0.490 e. The lowest BCUT2D eigenvalue weighted by Gasteiger charge is -2.17. The second-order valence-electron chi connectivity index (χ2n) is 8.28. The molecule has 0 aromatic heterocycles. The van der Waals surface area contributed by atoms with Gasteiger partial charge in [0.25, 0.3) is 23.6 Å². The summed E-state index contributed by atoms with van der Waals surface area (Å²) in [5.74, 6) is -0.960. The van der Waals surface area contributed by atoms with Crippen LogP contribution < -0.4 is 40.2 Å². The highest BCUT2D eigenvalue weighted by Crippen LogP contribution is 2.32. The number of hydrogen-bond donors (Lipinski definition) is 4. The summed E-state index contributed by atoms with van der Waals surface area (Å²) in [5, 5.41) is 9.43. The largest absolute Gasteiger partial charge is 0.490 e. The first-order chi connectivity index (χ1) is 19.7.